The molecule has 1 unspecified atom stereocenters. The highest BCUT2D eigenvalue weighted by Crippen LogP contribution is 2.30. The van der Waals surface area contributed by atoms with Crippen LogP contribution in [0.1, 0.15) is 29.0 Å². The summed E-state index contributed by atoms with van der Waals surface area (Å²) in [6.45, 7) is 2.61. The van der Waals surface area contributed by atoms with Crippen molar-refractivity contribution in [1.82, 2.24) is 10.2 Å². The van der Waals surface area contributed by atoms with Gasteiger partial charge in [0.2, 0.25) is 11.8 Å². The molecule has 1 aromatic heterocycles. The predicted molar refractivity (Wildman–Crippen MR) is 86.4 cm³/mol. The zero-order chi connectivity index (χ0) is 15.5. The van der Waals surface area contributed by atoms with Crippen molar-refractivity contribution >= 4 is 23.2 Å². The van der Waals surface area contributed by atoms with Gasteiger partial charge in [-0.15, -0.1) is 11.3 Å². The lowest BCUT2D eigenvalue weighted by atomic mass is 9.92. The molecule has 4 nitrogen and oxygen atoms in total. The summed E-state index contributed by atoms with van der Waals surface area (Å²) < 4.78 is 0. The van der Waals surface area contributed by atoms with Gasteiger partial charge in [0.15, 0.2) is 0 Å². The molecule has 0 fully saturated rings. The quantitative estimate of drug-likeness (QED) is 0.946. The van der Waals surface area contributed by atoms with E-state index in [1.165, 1.54) is 6.92 Å². The molecule has 1 aromatic carbocycles. The molecule has 0 saturated carbocycles. The molecule has 2 aromatic rings. The SMILES string of the molecule is CC(=O)N1CCc2ccccc2C1C(=O)NCc1cccs1. The van der Waals surface area contributed by atoms with Crippen molar-refractivity contribution in [3.8, 4) is 0 Å². The van der Waals surface area contributed by atoms with E-state index in [2.05, 4.69) is 5.32 Å². The molecule has 1 N–H and O–H groups in total. The summed E-state index contributed by atoms with van der Waals surface area (Å²) in [4.78, 5) is 27.3. The Kier molecular flexibility index (Phi) is 4.24. The number of amides is 2. The molecule has 0 radical (unpaired) electrons. The molecule has 0 spiro atoms. The van der Waals surface area contributed by atoms with Crippen LogP contribution in [0.15, 0.2) is 41.8 Å². The third-order valence-corrected chi connectivity index (χ3v) is 4.83. The van der Waals surface area contributed by atoms with Crippen molar-refractivity contribution in [2.75, 3.05) is 6.54 Å². The topological polar surface area (TPSA) is 49.4 Å². The summed E-state index contributed by atoms with van der Waals surface area (Å²) in [6.07, 6.45) is 0.796. The first-order valence-electron chi connectivity index (χ1n) is 7.32. The van der Waals surface area contributed by atoms with E-state index in [9.17, 15) is 9.59 Å². The number of rotatable bonds is 3. The Balaban J connectivity index is 1.83. The van der Waals surface area contributed by atoms with Gasteiger partial charge in [-0.25, -0.2) is 0 Å². The predicted octanol–water partition coefficient (Wildman–Crippen LogP) is 2.51. The largest absolute Gasteiger partial charge is 0.349 e. The number of nitrogens with one attached hydrogen (secondary N) is 1. The fourth-order valence-electron chi connectivity index (χ4n) is 2.87. The van der Waals surface area contributed by atoms with Gasteiger partial charge >= 0.3 is 0 Å². The normalized spacial score (nSPS) is 17.0. The van der Waals surface area contributed by atoms with Crippen LogP contribution in [0.3, 0.4) is 0 Å². The number of carbonyl (C=O) groups excluding carboxylic acids is 2. The molecule has 1 aliphatic heterocycles. The third-order valence-electron chi connectivity index (χ3n) is 3.95. The van der Waals surface area contributed by atoms with Crippen molar-refractivity contribution in [2.24, 2.45) is 0 Å². The zero-order valence-corrected chi connectivity index (χ0v) is 13.2. The Bertz CT molecular complexity index is 682. The second-order valence-corrected chi connectivity index (χ2v) is 6.39. The number of hydrogen-bond donors (Lipinski definition) is 1. The minimum Gasteiger partial charge on any atom is -0.349 e. The highest BCUT2D eigenvalue weighted by Gasteiger charge is 2.34. The number of hydrogen-bond acceptors (Lipinski definition) is 3. The summed E-state index contributed by atoms with van der Waals surface area (Å²) in [5, 5.41) is 4.94. The van der Waals surface area contributed by atoms with Crippen LogP contribution in [0.2, 0.25) is 0 Å². The summed E-state index contributed by atoms with van der Waals surface area (Å²) in [7, 11) is 0. The Hall–Kier alpha value is -2.14. The molecule has 1 aliphatic rings. The lowest BCUT2D eigenvalue weighted by Crippen LogP contribution is -2.46. The van der Waals surface area contributed by atoms with Crippen LogP contribution < -0.4 is 5.32 Å². The van der Waals surface area contributed by atoms with Crippen LogP contribution >= 0.6 is 11.3 Å². The van der Waals surface area contributed by atoms with E-state index in [4.69, 9.17) is 0 Å². The Morgan fingerprint density at radius 3 is 2.82 bits per heavy atom. The van der Waals surface area contributed by atoms with Gasteiger partial charge in [0.25, 0.3) is 0 Å². The Labute approximate surface area is 133 Å². The van der Waals surface area contributed by atoms with Crippen molar-refractivity contribution in [2.45, 2.75) is 25.9 Å². The van der Waals surface area contributed by atoms with Crippen LogP contribution in [0.25, 0.3) is 0 Å². The second kappa shape index (κ2) is 6.32. The van der Waals surface area contributed by atoms with E-state index in [1.54, 1.807) is 16.2 Å². The summed E-state index contributed by atoms with van der Waals surface area (Å²) in [5.41, 5.74) is 2.09. The van der Waals surface area contributed by atoms with Gasteiger partial charge in [-0.05, 0) is 29.0 Å². The van der Waals surface area contributed by atoms with Crippen LogP contribution in [0, 0.1) is 0 Å². The highest BCUT2D eigenvalue weighted by molar-refractivity contribution is 7.09. The standard InChI is InChI=1S/C17H18N2O2S/c1-12(20)19-9-8-13-5-2-3-7-15(13)16(19)17(21)18-11-14-6-4-10-22-14/h2-7,10,16H,8-9,11H2,1H3,(H,18,21). The number of carbonyl (C=O) groups is 2. The first-order valence-corrected chi connectivity index (χ1v) is 8.20. The average molecular weight is 314 g/mol. The maximum atomic E-state index is 12.7. The summed E-state index contributed by atoms with van der Waals surface area (Å²) >= 11 is 1.61. The van der Waals surface area contributed by atoms with Gasteiger partial charge in [0.1, 0.15) is 6.04 Å². The Morgan fingerprint density at radius 1 is 1.27 bits per heavy atom. The van der Waals surface area contributed by atoms with E-state index in [0.717, 1.165) is 22.4 Å². The van der Waals surface area contributed by atoms with Gasteiger partial charge in [0, 0.05) is 18.3 Å². The van der Waals surface area contributed by atoms with Gasteiger partial charge in [0.05, 0.1) is 6.54 Å². The molecule has 2 heterocycles. The molecule has 0 aliphatic carbocycles. The van der Waals surface area contributed by atoms with Crippen molar-refractivity contribution in [1.29, 1.82) is 0 Å². The minimum atomic E-state index is -0.526. The first kappa shape index (κ1) is 14.8. The summed E-state index contributed by atoms with van der Waals surface area (Å²) in [6, 6.07) is 11.3. The van der Waals surface area contributed by atoms with E-state index in [1.807, 2.05) is 41.8 Å². The fraction of sp³-hybridized carbons (Fsp3) is 0.294. The lowest BCUT2D eigenvalue weighted by Gasteiger charge is -2.35. The molecular weight excluding hydrogens is 296 g/mol. The molecular formula is C17H18N2O2S. The second-order valence-electron chi connectivity index (χ2n) is 5.36. The van der Waals surface area contributed by atoms with Crippen molar-refractivity contribution in [3.63, 3.8) is 0 Å². The molecule has 1 atom stereocenters. The van der Waals surface area contributed by atoms with Crippen LogP contribution in [0.4, 0.5) is 0 Å². The zero-order valence-electron chi connectivity index (χ0n) is 12.4. The Morgan fingerprint density at radius 2 is 2.09 bits per heavy atom. The summed E-state index contributed by atoms with van der Waals surface area (Å²) in [5.74, 6) is -0.179. The monoisotopic (exact) mass is 314 g/mol. The van der Waals surface area contributed by atoms with Gasteiger partial charge in [-0.3, -0.25) is 9.59 Å². The first-order chi connectivity index (χ1) is 10.7. The molecule has 114 valence electrons. The molecule has 22 heavy (non-hydrogen) atoms. The number of benzene rings is 1. The molecule has 5 heteroatoms. The number of fused-ring (bicyclic) bond motifs is 1. The lowest BCUT2D eigenvalue weighted by molar-refractivity contribution is -0.139. The van der Waals surface area contributed by atoms with Crippen LogP contribution in [0.5, 0.6) is 0 Å². The maximum Gasteiger partial charge on any atom is 0.247 e. The number of thiophene rings is 1. The van der Waals surface area contributed by atoms with E-state index >= 15 is 0 Å². The van der Waals surface area contributed by atoms with E-state index in [0.29, 0.717) is 13.1 Å². The molecule has 0 saturated heterocycles. The van der Waals surface area contributed by atoms with Crippen molar-refractivity contribution < 1.29 is 9.59 Å². The number of nitrogens with zero attached hydrogens (tertiary/aromatic N) is 1. The van der Waals surface area contributed by atoms with E-state index < -0.39 is 6.04 Å². The van der Waals surface area contributed by atoms with Crippen molar-refractivity contribution in [3.05, 3.63) is 57.8 Å². The molecule has 2 amide bonds. The fourth-order valence-corrected chi connectivity index (χ4v) is 3.52. The molecule has 0 bridgehead atoms. The maximum absolute atomic E-state index is 12.7. The van der Waals surface area contributed by atoms with Gasteiger partial charge in [-0.1, -0.05) is 30.3 Å². The van der Waals surface area contributed by atoms with Gasteiger partial charge in [-0.2, -0.15) is 0 Å². The average Bonchev–Trinajstić information content (AvgIpc) is 3.04. The smallest absolute Gasteiger partial charge is 0.247 e. The molecule has 3 rings (SSSR count). The van der Waals surface area contributed by atoms with Crippen LogP contribution in [-0.4, -0.2) is 23.3 Å². The minimum absolute atomic E-state index is 0.0641. The van der Waals surface area contributed by atoms with Crippen LogP contribution in [-0.2, 0) is 22.6 Å². The highest BCUT2D eigenvalue weighted by atomic mass is 32.1. The van der Waals surface area contributed by atoms with E-state index in [-0.39, 0.29) is 11.8 Å². The third kappa shape index (κ3) is 2.90. The van der Waals surface area contributed by atoms with Gasteiger partial charge < -0.3 is 10.2 Å².